The number of hydrogen-bond donors (Lipinski definition) is 1. The summed E-state index contributed by atoms with van der Waals surface area (Å²) in [6, 6.07) is 11.7. The van der Waals surface area contributed by atoms with Gasteiger partial charge in [0, 0.05) is 25.6 Å². The fourth-order valence-corrected chi connectivity index (χ4v) is 5.14. The zero-order valence-electron chi connectivity index (χ0n) is 14.8. The summed E-state index contributed by atoms with van der Waals surface area (Å²) in [5.41, 5.74) is 1.87. The fourth-order valence-electron chi connectivity index (χ4n) is 3.29. The van der Waals surface area contributed by atoms with Crippen LogP contribution in [0.3, 0.4) is 0 Å². The number of aromatic nitrogens is 2. The third kappa shape index (κ3) is 4.94. The fraction of sp³-hybridized carbons (Fsp3) is 0.474. The minimum Gasteiger partial charge on any atom is -0.356 e. The van der Waals surface area contributed by atoms with Crippen LogP contribution in [0.4, 0.5) is 0 Å². The second-order valence-corrected chi connectivity index (χ2v) is 9.11. The van der Waals surface area contributed by atoms with Crippen molar-refractivity contribution in [2.75, 3.05) is 12.3 Å². The van der Waals surface area contributed by atoms with Crippen LogP contribution in [0.1, 0.15) is 37.8 Å². The first-order chi connectivity index (χ1) is 12.5. The van der Waals surface area contributed by atoms with Crippen molar-refractivity contribution in [1.29, 1.82) is 0 Å². The molecule has 1 N–H and O–H groups in total. The van der Waals surface area contributed by atoms with Crippen LogP contribution in [-0.4, -0.2) is 41.7 Å². The largest absolute Gasteiger partial charge is 0.356 e. The highest BCUT2D eigenvalue weighted by Gasteiger charge is 2.28. The molecule has 0 atom stereocenters. The molecule has 0 saturated heterocycles. The third-order valence-corrected chi connectivity index (χ3v) is 7.05. The molecule has 1 aromatic carbocycles. The maximum atomic E-state index is 12.2. The van der Waals surface area contributed by atoms with Gasteiger partial charge in [-0.05, 0) is 31.0 Å². The predicted octanol–water partition coefficient (Wildman–Crippen LogP) is 2.28. The van der Waals surface area contributed by atoms with Crippen molar-refractivity contribution >= 4 is 15.7 Å². The molecule has 0 radical (unpaired) electrons. The summed E-state index contributed by atoms with van der Waals surface area (Å²) in [7, 11) is -3.14. The molecule has 1 aliphatic carbocycles. The van der Waals surface area contributed by atoms with Crippen LogP contribution in [0, 0.1) is 0 Å². The van der Waals surface area contributed by atoms with Gasteiger partial charge in [-0.3, -0.25) is 4.79 Å². The average molecular weight is 375 g/mol. The van der Waals surface area contributed by atoms with Gasteiger partial charge in [0.2, 0.25) is 5.91 Å². The topological polar surface area (TPSA) is 81.1 Å². The molecule has 0 unspecified atom stereocenters. The Morgan fingerprint density at radius 2 is 1.88 bits per heavy atom. The number of carbonyl (C=O) groups excluding carboxylic acids is 1. The molecule has 140 valence electrons. The lowest BCUT2D eigenvalue weighted by Crippen LogP contribution is -2.29. The summed E-state index contributed by atoms with van der Waals surface area (Å²) in [6.07, 6.45) is 5.98. The number of nitrogens with zero attached hydrogens (tertiary/aromatic N) is 2. The molecule has 0 spiro atoms. The molecule has 7 heteroatoms. The van der Waals surface area contributed by atoms with Crippen molar-refractivity contribution < 1.29 is 13.2 Å². The Kier molecular flexibility index (Phi) is 6.08. The van der Waals surface area contributed by atoms with Crippen molar-refractivity contribution in [3.05, 3.63) is 48.3 Å². The van der Waals surface area contributed by atoms with Gasteiger partial charge in [0.05, 0.1) is 22.4 Å². The number of rotatable bonds is 8. The second-order valence-electron chi connectivity index (χ2n) is 6.71. The first kappa shape index (κ1) is 18.6. The number of carbonyl (C=O) groups is 1. The van der Waals surface area contributed by atoms with Gasteiger partial charge >= 0.3 is 0 Å². The minimum atomic E-state index is -3.14. The molecule has 0 bridgehead atoms. The zero-order valence-corrected chi connectivity index (χ0v) is 15.6. The first-order valence-electron chi connectivity index (χ1n) is 9.13. The zero-order chi connectivity index (χ0) is 18.4. The van der Waals surface area contributed by atoms with E-state index in [9.17, 15) is 13.2 Å². The number of benzene rings is 1. The maximum absolute atomic E-state index is 12.2. The first-order valence-corrected chi connectivity index (χ1v) is 10.8. The summed E-state index contributed by atoms with van der Waals surface area (Å²) < 4.78 is 26.2. The monoisotopic (exact) mass is 375 g/mol. The number of amides is 1. The van der Waals surface area contributed by atoms with Crippen LogP contribution in [0.15, 0.2) is 42.6 Å². The molecule has 26 heavy (non-hydrogen) atoms. The number of sulfone groups is 1. The molecular formula is C19H25N3O3S. The molecule has 0 aliphatic heterocycles. The van der Waals surface area contributed by atoms with Gasteiger partial charge in [-0.15, -0.1) is 0 Å². The van der Waals surface area contributed by atoms with Gasteiger partial charge in [-0.2, -0.15) is 5.10 Å². The van der Waals surface area contributed by atoms with Gasteiger partial charge < -0.3 is 5.32 Å². The summed E-state index contributed by atoms with van der Waals surface area (Å²) in [5, 5.41) is 7.04. The average Bonchev–Trinajstić information content (AvgIpc) is 3.33. The second kappa shape index (κ2) is 8.49. The van der Waals surface area contributed by atoms with Crippen molar-refractivity contribution in [1.82, 2.24) is 15.1 Å². The van der Waals surface area contributed by atoms with E-state index >= 15 is 0 Å². The molecule has 1 aliphatic rings. The summed E-state index contributed by atoms with van der Waals surface area (Å²) in [4.78, 5) is 11.9. The van der Waals surface area contributed by atoms with E-state index < -0.39 is 9.84 Å². The predicted molar refractivity (Wildman–Crippen MR) is 101 cm³/mol. The molecule has 1 amide bonds. The van der Waals surface area contributed by atoms with Crippen LogP contribution < -0.4 is 5.32 Å². The van der Waals surface area contributed by atoms with Crippen molar-refractivity contribution in [2.24, 2.45) is 0 Å². The van der Waals surface area contributed by atoms with Crippen LogP contribution in [0.2, 0.25) is 0 Å². The maximum Gasteiger partial charge on any atom is 0.221 e. The Hall–Kier alpha value is -2.15. The Morgan fingerprint density at radius 1 is 1.15 bits per heavy atom. The standard InChI is InChI=1S/C19H25N3O3S/c23-19(12-15-26(24,25)18-8-4-5-9-18)20-13-10-16-11-14-22(21-16)17-6-2-1-3-7-17/h1-3,6-7,11,14,18H,4-5,8-10,12-13,15H2,(H,20,23). The molecule has 3 rings (SSSR count). The van der Waals surface area contributed by atoms with Gasteiger partial charge in [-0.25, -0.2) is 13.1 Å². The minimum absolute atomic E-state index is 0.0390. The highest BCUT2D eigenvalue weighted by Crippen LogP contribution is 2.25. The number of hydrogen-bond acceptors (Lipinski definition) is 4. The normalized spacial score (nSPS) is 15.2. The molecule has 1 fully saturated rings. The Bertz CT molecular complexity index is 825. The lowest BCUT2D eigenvalue weighted by Gasteiger charge is -2.10. The highest BCUT2D eigenvalue weighted by atomic mass is 32.2. The van der Waals surface area contributed by atoms with Crippen LogP contribution in [0.5, 0.6) is 0 Å². The molecule has 2 aromatic rings. The van der Waals surface area contributed by atoms with Crippen molar-refractivity contribution in [2.45, 2.75) is 43.8 Å². The summed E-state index contributed by atoms with van der Waals surface area (Å²) >= 11 is 0. The Balaban J connectivity index is 1.41. The van der Waals surface area contributed by atoms with E-state index in [0.29, 0.717) is 13.0 Å². The van der Waals surface area contributed by atoms with Crippen LogP contribution in [-0.2, 0) is 21.1 Å². The quantitative estimate of drug-likeness (QED) is 0.767. The summed E-state index contributed by atoms with van der Waals surface area (Å²) in [5.74, 6) is -0.263. The molecule has 6 nitrogen and oxygen atoms in total. The van der Waals surface area contributed by atoms with Gasteiger partial charge in [0.15, 0.2) is 9.84 Å². The van der Waals surface area contributed by atoms with Gasteiger partial charge in [0.1, 0.15) is 0 Å². The van der Waals surface area contributed by atoms with Crippen molar-refractivity contribution in [3.63, 3.8) is 0 Å². The van der Waals surface area contributed by atoms with Gasteiger partial charge in [-0.1, -0.05) is 31.0 Å². The van der Waals surface area contributed by atoms with E-state index in [0.717, 1.165) is 37.1 Å². The molecule has 1 heterocycles. The molecule has 1 aromatic heterocycles. The Morgan fingerprint density at radius 3 is 2.62 bits per heavy atom. The van der Waals surface area contributed by atoms with Gasteiger partial charge in [0.25, 0.3) is 0 Å². The lowest BCUT2D eigenvalue weighted by molar-refractivity contribution is -0.120. The highest BCUT2D eigenvalue weighted by molar-refractivity contribution is 7.92. The molecule has 1 saturated carbocycles. The van der Waals surface area contributed by atoms with E-state index in [1.165, 1.54) is 0 Å². The Labute approximate surface area is 154 Å². The lowest BCUT2D eigenvalue weighted by atomic mass is 10.3. The van der Waals surface area contributed by atoms with Crippen LogP contribution in [0.25, 0.3) is 5.69 Å². The third-order valence-electron chi connectivity index (χ3n) is 4.79. The smallest absolute Gasteiger partial charge is 0.221 e. The van der Waals surface area contributed by atoms with Crippen molar-refractivity contribution in [3.8, 4) is 5.69 Å². The molecular weight excluding hydrogens is 350 g/mol. The van der Waals surface area contributed by atoms with E-state index in [2.05, 4.69) is 10.4 Å². The summed E-state index contributed by atoms with van der Waals surface area (Å²) in [6.45, 7) is 0.452. The number of para-hydroxylation sites is 1. The SMILES string of the molecule is O=C(CCS(=O)(=O)C1CCCC1)NCCc1ccn(-c2ccccc2)n1. The number of nitrogens with one attached hydrogen (secondary N) is 1. The van der Waals surface area contributed by atoms with E-state index in [-0.39, 0.29) is 23.3 Å². The van der Waals surface area contributed by atoms with Crippen LogP contribution >= 0.6 is 0 Å². The van der Waals surface area contributed by atoms with E-state index in [1.807, 2.05) is 42.6 Å². The van der Waals surface area contributed by atoms with E-state index in [4.69, 9.17) is 0 Å². The van der Waals surface area contributed by atoms with E-state index in [1.54, 1.807) is 4.68 Å².